The molecule has 0 saturated carbocycles. The fourth-order valence-electron chi connectivity index (χ4n) is 5.41. The van der Waals surface area contributed by atoms with Gasteiger partial charge in [0.2, 0.25) is 10.0 Å². The van der Waals surface area contributed by atoms with E-state index in [1.165, 1.54) is 28.6 Å². The lowest BCUT2D eigenvalue weighted by molar-refractivity contribution is -0.0553. The molecular weight excluding hydrogens is 451 g/mol. The monoisotopic (exact) mass is 480 g/mol. The lowest BCUT2D eigenvalue weighted by atomic mass is 9.74. The van der Waals surface area contributed by atoms with Gasteiger partial charge < -0.3 is 5.11 Å². The topological polar surface area (TPSA) is 60.9 Å². The van der Waals surface area contributed by atoms with Crippen LogP contribution in [-0.2, 0) is 10.0 Å². The van der Waals surface area contributed by atoms with Gasteiger partial charge in [-0.3, -0.25) is 4.90 Å². The molecule has 2 aliphatic rings. The third-order valence-corrected chi connectivity index (χ3v) is 9.07. The Kier molecular flexibility index (Phi) is 6.53. The molecule has 34 heavy (non-hydrogen) atoms. The van der Waals surface area contributed by atoms with E-state index in [0.717, 1.165) is 36.1 Å². The number of hydrogen-bond donors (Lipinski definition) is 1. The summed E-state index contributed by atoms with van der Waals surface area (Å²) in [5, 5.41) is 10.2. The summed E-state index contributed by atoms with van der Waals surface area (Å²) in [6.07, 6.45) is 1.61. The van der Waals surface area contributed by atoms with Crippen LogP contribution in [0.3, 0.4) is 0 Å². The van der Waals surface area contributed by atoms with Gasteiger partial charge in [0, 0.05) is 31.1 Å². The molecule has 2 saturated heterocycles. The van der Waals surface area contributed by atoms with Crippen LogP contribution < -0.4 is 0 Å². The Morgan fingerprint density at radius 1 is 0.853 bits per heavy atom. The van der Waals surface area contributed by atoms with E-state index in [-0.39, 0.29) is 29.5 Å². The Labute approximate surface area is 200 Å². The first-order valence-corrected chi connectivity index (χ1v) is 13.2. The van der Waals surface area contributed by atoms with Crippen LogP contribution in [0.4, 0.5) is 4.39 Å². The Morgan fingerprint density at radius 2 is 1.50 bits per heavy atom. The van der Waals surface area contributed by atoms with Crippen molar-refractivity contribution in [2.75, 3.05) is 26.2 Å². The molecule has 2 fully saturated rings. The van der Waals surface area contributed by atoms with Crippen molar-refractivity contribution in [3.8, 4) is 11.1 Å². The van der Waals surface area contributed by atoms with E-state index >= 15 is 0 Å². The molecule has 5 rings (SSSR count). The highest BCUT2D eigenvalue weighted by atomic mass is 32.2. The molecule has 0 unspecified atom stereocenters. The number of hydrogen-bond acceptors (Lipinski definition) is 4. The van der Waals surface area contributed by atoms with Gasteiger partial charge in [-0.1, -0.05) is 54.6 Å². The number of halogens is 1. The first-order chi connectivity index (χ1) is 16.5. The zero-order valence-corrected chi connectivity index (χ0v) is 19.7. The second-order valence-corrected chi connectivity index (χ2v) is 11.0. The fraction of sp³-hybridized carbons (Fsp3) is 0.333. The molecule has 0 aliphatic carbocycles. The van der Waals surface area contributed by atoms with Crippen molar-refractivity contribution >= 4 is 10.0 Å². The van der Waals surface area contributed by atoms with E-state index < -0.39 is 15.8 Å². The van der Waals surface area contributed by atoms with Crippen LogP contribution in [-0.4, -0.2) is 61.1 Å². The molecule has 0 aromatic heterocycles. The first-order valence-electron chi connectivity index (χ1n) is 11.8. The van der Waals surface area contributed by atoms with Crippen LogP contribution in [0.2, 0.25) is 0 Å². The lowest BCUT2D eigenvalue weighted by Crippen LogP contribution is -2.67. The minimum absolute atomic E-state index is 0.0183. The van der Waals surface area contributed by atoms with Gasteiger partial charge in [-0.25, -0.2) is 12.8 Å². The standard InChI is InChI=1S/C27H29FN2O3S/c28-23-12-14-24(15-13-23)34(32,33)29-16-4-5-17-30-25(18-29)27(26(30)19-31)22-10-8-21(9-11-22)20-6-2-1-3-7-20/h1-3,6-15,25-27,31H,4-5,16-19H2/t25-,26+,27+/m1/s1. The number of aliphatic hydroxyl groups is 1. The van der Waals surface area contributed by atoms with Crippen molar-refractivity contribution in [2.45, 2.75) is 35.7 Å². The summed E-state index contributed by atoms with van der Waals surface area (Å²) in [4.78, 5) is 2.37. The van der Waals surface area contributed by atoms with Crippen LogP contribution in [0.25, 0.3) is 11.1 Å². The molecule has 0 radical (unpaired) electrons. The quantitative estimate of drug-likeness (QED) is 0.597. The zero-order chi connectivity index (χ0) is 23.7. The molecule has 2 aliphatic heterocycles. The van der Waals surface area contributed by atoms with Crippen LogP contribution in [0, 0.1) is 5.82 Å². The predicted molar refractivity (Wildman–Crippen MR) is 130 cm³/mol. The minimum atomic E-state index is -3.74. The highest BCUT2D eigenvalue weighted by molar-refractivity contribution is 7.89. The average Bonchev–Trinajstić information content (AvgIpc) is 2.84. The van der Waals surface area contributed by atoms with Gasteiger partial charge in [0.1, 0.15) is 5.82 Å². The second-order valence-electron chi connectivity index (χ2n) is 9.09. The summed E-state index contributed by atoms with van der Waals surface area (Å²) in [5.41, 5.74) is 3.38. The normalized spacial score (nSPS) is 24.0. The van der Waals surface area contributed by atoms with Crippen LogP contribution in [0.1, 0.15) is 24.3 Å². The molecular formula is C27H29FN2O3S. The molecule has 3 atom stereocenters. The number of rotatable bonds is 5. The summed E-state index contributed by atoms with van der Waals surface area (Å²) in [5.74, 6) is -0.416. The highest BCUT2D eigenvalue weighted by Gasteiger charge is 2.50. The van der Waals surface area contributed by atoms with Crippen molar-refractivity contribution < 1.29 is 17.9 Å². The Hall–Kier alpha value is -2.58. The summed E-state index contributed by atoms with van der Waals surface area (Å²) in [6, 6.07) is 23.5. The van der Waals surface area contributed by atoms with E-state index in [1.54, 1.807) is 0 Å². The van der Waals surface area contributed by atoms with E-state index in [1.807, 2.05) is 18.2 Å². The Morgan fingerprint density at radius 3 is 2.18 bits per heavy atom. The number of benzene rings is 3. The van der Waals surface area contributed by atoms with Gasteiger partial charge in [-0.2, -0.15) is 4.31 Å². The molecule has 3 aromatic carbocycles. The molecule has 178 valence electrons. The summed E-state index contributed by atoms with van der Waals surface area (Å²) in [6.45, 7) is 1.67. The van der Waals surface area contributed by atoms with Crippen molar-refractivity contribution in [2.24, 2.45) is 0 Å². The van der Waals surface area contributed by atoms with E-state index in [0.29, 0.717) is 13.1 Å². The lowest BCUT2D eigenvalue weighted by Gasteiger charge is -2.57. The van der Waals surface area contributed by atoms with E-state index in [4.69, 9.17) is 0 Å². The molecule has 1 N–H and O–H groups in total. The van der Waals surface area contributed by atoms with Gasteiger partial charge in [0.05, 0.1) is 11.5 Å². The van der Waals surface area contributed by atoms with Crippen LogP contribution in [0.5, 0.6) is 0 Å². The molecule has 0 amide bonds. The average molecular weight is 481 g/mol. The van der Waals surface area contributed by atoms with Gasteiger partial charge in [0.25, 0.3) is 0 Å². The highest BCUT2D eigenvalue weighted by Crippen LogP contribution is 2.43. The van der Waals surface area contributed by atoms with Crippen molar-refractivity contribution in [1.82, 2.24) is 9.21 Å². The predicted octanol–water partition coefficient (Wildman–Crippen LogP) is 4.11. The summed E-state index contributed by atoms with van der Waals surface area (Å²) >= 11 is 0. The SMILES string of the molecule is O=S(=O)(c1ccc(F)cc1)N1CCCCN2[C@H](C1)[C@H](c1ccc(-c3ccccc3)cc1)[C@@H]2CO. The third-order valence-electron chi connectivity index (χ3n) is 7.19. The van der Waals surface area contributed by atoms with Gasteiger partial charge in [-0.15, -0.1) is 0 Å². The molecule has 2 heterocycles. The van der Waals surface area contributed by atoms with Crippen LogP contribution >= 0.6 is 0 Å². The maximum atomic E-state index is 13.4. The molecule has 0 bridgehead atoms. The number of sulfonamides is 1. The van der Waals surface area contributed by atoms with E-state index in [2.05, 4.69) is 41.3 Å². The number of fused-ring (bicyclic) bond motifs is 1. The van der Waals surface area contributed by atoms with Crippen molar-refractivity contribution in [3.05, 3.63) is 90.2 Å². The number of nitrogens with zero attached hydrogens (tertiary/aromatic N) is 2. The zero-order valence-electron chi connectivity index (χ0n) is 18.9. The van der Waals surface area contributed by atoms with Crippen molar-refractivity contribution in [1.29, 1.82) is 0 Å². The largest absolute Gasteiger partial charge is 0.395 e. The molecule has 0 spiro atoms. The summed E-state index contributed by atoms with van der Waals surface area (Å²) in [7, 11) is -3.74. The van der Waals surface area contributed by atoms with E-state index in [9.17, 15) is 17.9 Å². The van der Waals surface area contributed by atoms with Crippen molar-refractivity contribution in [3.63, 3.8) is 0 Å². The Balaban J connectivity index is 1.42. The second kappa shape index (κ2) is 9.58. The molecule has 7 heteroatoms. The van der Waals surface area contributed by atoms with Gasteiger partial charge in [-0.05, 0) is 60.3 Å². The van der Waals surface area contributed by atoms with Gasteiger partial charge in [0.15, 0.2) is 0 Å². The van der Waals surface area contributed by atoms with Gasteiger partial charge >= 0.3 is 0 Å². The maximum absolute atomic E-state index is 13.4. The smallest absolute Gasteiger partial charge is 0.243 e. The first kappa shape index (κ1) is 23.2. The Bertz CT molecular complexity index is 1220. The number of aliphatic hydroxyl groups excluding tert-OH is 1. The maximum Gasteiger partial charge on any atom is 0.243 e. The minimum Gasteiger partial charge on any atom is -0.395 e. The van der Waals surface area contributed by atoms with Crippen LogP contribution in [0.15, 0.2) is 83.8 Å². The fourth-order valence-corrected chi connectivity index (χ4v) is 6.91. The summed E-state index contributed by atoms with van der Waals surface area (Å²) < 4.78 is 41.7. The molecule has 5 nitrogen and oxygen atoms in total. The molecule has 3 aromatic rings. The third kappa shape index (κ3) is 4.29.